The average Bonchev–Trinajstić information content (AvgIpc) is 3.19. The lowest BCUT2D eigenvalue weighted by atomic mass is 9.97. The molecule has 0 bridgehead atoms. The van der Waals surface area contributed by atoms with Gasteiger partial charge in [0.15, 0.2) is 0 Å². The van der Waals surface area contributed by atoms with Gasteiger partial charge in [-0.3, -0.25) is 9.59 Å². The first-order valence-electron chi connectivity index (χ1n) is 11.6. The highest BCUT2D eigenvalue weighted by molar-refractivity contribution is 5.82. The van der Waals surface area contributed by atoms with Crippen LogP contribution in [0.5, 0.6) is 0 Å². The Morgan fingerprint density at radius 1 is 1.09 bits per heavy atom. The summed E-state index contributed by atoms with van der Waals surface area (Å²) in [5, 5.41) is 11.9. The molecule has 1 aliphatic carbocycles. The number of amides is 2. The topological polar surface area (TPSA) is 105 Å². The minimum atomic E-state index is -0.886. The lowest BCUT2D eigenvalue weighted by Gasteiger charge is -2.33. The lowest BCUT2D eigenvalue weighted by molar-refractivity contribution is -0.149. The monoisotopic (exact) mass is 466 g/mol. The van der Waals surface area contributed by atoms with Crippen LogP contribution in [0.1, 0.15) is 36.3 Å². The first kappa shape index (κ1) is 23.8. The van der Waals surface area contributed by atoms with Gasteiger partial charge in [-0.25, -0.2) is 4.79 Å². The molecular formula is C26H30N2O6. The van der Waals surface area contributed by atoms with E-state index in [0.717, 1.165) is 22.3 Å². The maximum Gasteiger partial charge on any atom is 0.407 e. The van der Waals surface area contributed by atoms with E-state index in [-0.39, 0.29) is 37.9 Å². The van der Waals surface area contributed by atoms with Gasteiger partial charge in [-0.15, -0.1) is 0 Å². The van der Waals surface area contributed by atoms with Gasteiger partial charge in [0.05, 0.1) is 5.92 Å². The minimum absolute atomic E-state index is 0.0206. The zero-order chi connectivity index (χ0) is 24.1. The Morgan fingerprint density at radius 3 is 2.35 bits per heavy atom. The molecule has 8 heteroatoms. The minimum Gasteiger partial charge on any atom is -0.481 e. The van der Waals surface area contributed by atoms with E-state index in [0.29, 0.717) is 19.4 Å². The molecule has 8 nitrogen and oxygen atoms in total. The normalized spacial score (nSPS) is 18.0. The van der Waals surface area contributed by atoms with Gasteiger partial charge in [-0.1, -0.05) is 48.5 Å². The zero-order valence-corrected chi connectivity index (χ0v) is 19.2. The van der Waals surface area contributed by atoms with Gasteiger partial charge in [0.2, 0.25) is 0 Å². The summed E-state index contributed by atoms with van der Waals surface area (Å²) < 4.78 is 10.9. The Bertz CT molecular complexity index is 1010. The molecule has 1 heterocycles. The summed E-state index contributed by atoms with van der Waals surface area (Å²) in [5.74, 6) is -1.70. The number of methoxy groups -OCH3 is 1. The number of hydrogen-bond donors (Lipinski definition) is 2. The van der Waals surface area contributed by atoms with Crippen LogP contribution in [0.15, 0.2) is 48.5 Å². The molecule has 34 heavy (non-hydrogen) atoms. The summed E-state index contributed by atoms with van der Waals surface area (Å²) in [6.07, 6.45) is 0.194. The number of carbonyl (C=O) groups excluding carboxylic acids is 2. The van der Waals surface area contributed by atoms with Crippen LogP contribution in [0.3, 0.4) is 0 Å². The van der Waals surface area contributed by atoms with Crippen LogP contribution in [0, 0.1) is 5.92 Å². The van der Waals surface area contributed by atoms with E-state index < -0.39 is 24.1 Å². The number of benzene rings is 2. The molecule has 0 radical (unpaired) electrons. The van der Waals surface area contributed by atoms with Crippen molar-refractivity contribution in [2.45, 2.75) is 31.3 Å². The molecule has 2 aromatic carbocycles. The fraction of sp³-hybridized carbons (Fsp3) is 0.423. The number of likely N-dealkylation sites (tertiary alicyclic amines) is 1. The fourth-order valence-corrected chi connectivity index (χ4v) is 4.88. The quantitative estimate of drug-likeness (QED) is 0.619. The Labute approximate surface area is 198 Å². The van der Waals surface area contributed by atoms with E-state index in [2.05, 4.69) is 29.6 Å². The van der Waals surface area contributed by atoms with Crippen molar-refractivity contribution in [3.8, 4) is 11.1 Å². The molecule has 1 saturated heterocycles. The fourth-order valence-electron chi connectivity index (χ4n) is 4.88. The third-order valence-electron chi connectivity index (χ3n) is 6.66. The molecule has 2 aliphatic rings. The van der Waals surface area contributed by atoms with Gasteiger partial charge in [0, 0.05) is 39.1 Å². The third kappa shape index (κ3) is 5.07. The van der Waals surface area contributed by atoms with E-state index in [1.807, 2.05) is 24.3 Å². The van der Waals surface area contributed by atoms with Crippen LogP contribution in [0.2, 0.25) is 0 Å². The molecule has 2 N–H and O–H groups in total. The van der Waals surface area contributed by atoms with Crippen LogP contribution in [-0.4, -0.2) is 67.4 Å². The van der Waals surface area contributed by atoms with Crippen molar-refractivity contribution in [1.82, 2.24) is 10.2 Å². The van der Waals surface area contributed by atoms with Gasteiger partial charge < -0.3 is 24.8 Å². The van der Waals surface area contributed by atoms with Gasteiger partial charge >= 0.3 is 12.1 Å². The lowest BCUT2D eigenvalue weighted by Crippen LogP contribution is -2.47. The molecule has 1 unspecified atom stereocenters. The Hall–Kier alpha value is -3.39. The number of piperidine rings is 1. The summed E-state index contributed by atoms with van der Waals surface area (Å²) >= 11 is 0. The highest BCUT2D eigenvalue weighted by Crippen LogP contribution is 2.44. The SMILES string of the molecule is COC(CCNC(=O)OCC1c2ccccc2-c2ccccc21)C(=O)N1CCC[C@H](C(=O)O)C1. The molecule has 0 spiro atoms. The predicted octanol–water partition coefficient (Wildman–Crippen LogP) is 3.25. The van der Waals surface area contributed by atoms with Crippen molar-refractivity contribution in [2.24, 2.45) is 5.92 Å². The first-order valence-corrected chi connectivity index (χ1v) is 11.6. The van der Waals surface area contributed by atoms with Gasteiger partial charge in [-0.2, -0.15) is 0 Å². The zero-order valence-electron chi connectivity index (χ0n) is 19.2. The number of alkyl carbamates (subject to hydrolysis) is 1. The van der Waals surface area contributed by atoms with Crippen LogP contribution in [0.4, 0.5) is 4.79 Å². The highest BCUT2D eigenvalue weighted by atomic mass is 16.5. The number of nitrogens with zero attached hydrogens (tertiary/aromatic N) is 1. The molecule has 2 aromatic rings. The largest absolute Gasteiger partial charge is 0.481 e. The number of fused-ring (bicyclic) bond motifs is 3. The Balaban J connectivity index is 1.27. The Morgan fingerprint density at radius 2 is 1.74 bits per heavy atom. The number of nitrogens with one attached hydrogen (secondary N) is 1. The smallest absolute Gasteiger partial charge is 0.407 e. The standard InChI is InChI=1S/C26H30N2O6/c1-33-23(24(29)28-14-6-7-17(15-28)25(30)31)12-13-27-26(32)34-16-22-20-10-4-2-8-18(20)19-9-3-5-11-21(19)22/h2-5,8-11,17,22-23H,6-7,12-16H2,1H3,(H,27,32)(H,30,31)/t17-,23?/m0/s1. The van der Waals surface area contributed by atoms with Gasteiger partial charge in [0.1, 0.15) is 12.7 Å². The maximum atomic E-state index is 12.8. The number of carboxylic acid groups (broad SMARTS) is 1. The molecule has 2 amide bonds. The van der Waals surface area contributed by atoms with Crippen molar-refractivity contribution < 1.29 is 29.0 Å². The first-order chi connectivity index (χ1) is 16.5. The van der Waals surface area contributed by atoms with Crippen LogP contribution >= 0.6 is 0 Å². The maximum absolute atomic E-state index is 12.8. The van der Waals surface area contributed by atoms with E-state index in [4.69, 9.17) is 9.47 Å². The number of hydrogen-bond acceptors (Lipinski definition) is 5. The van der Waals surface area contributed by atoms with Crippen molar-refractivity contribution in [1.29, 1.82) is 0 Å². The molecule has 2 atom stereocenters. The van der Waals surface area contributed by atoms with Crippen LogP contribution in [-0.2, 0) is 19.1 Å². The van der Waals surface area contributed by atoms with Crippen molar-refractivity contribution in [3.63, 3.8) is 0 Å². The van der Waals surface area contributed by atoms with E-state index in [1.165, 1.54) is 7.11 Å². The average molecular weight is 467 g/mol. The van der Waals surface area contributed by atoms with E-state index in [1.54, 1.807) is 4.90 Å². The molecule has 4 rings (SSSR count). The summed E-state index contributed by atoms with van der Waals surface area (Å²) in [6, 6.07) is 16.3. The number of carboxylic acids is 1. The van der Waals surface area contributed by atoms with E-state index in [9.17, 15) is 19.5 Å². The summed E-state index contributed by atoms with van der Waals surface area (Å²) in [5.41, 5.74) is 4.61. The highest BCUT2D eigenvalue weighted by Gasteiger charge is 2.32. The molecule has 1 fully saturated rings. The van der Waals surface area contributed by atoms with Gasteiger partial charge in [0.25, 0.3) is 5.91 Å². The molecule has 180 valence electrons. The van der Waals surface area contributed by atoms with Crippen molar-refractivity contribution in [2.75, 3.05) is 33.4 Å². The molecule has 0 aromatic heterocycles. The second-order valence-corrected chi connectivity index (χ2v) is 8.73. The molecule has 1 aliphatic heterocycles. The molecule has 0 saturated carbocycles. The summed E-state index contributed by atoms with van der Waals surface area (Å²) in [6.45, 7) is 1.13. The predicted molar refractivity (Wildman–Crippen MR) is 125 cm³/mol. The van der Waals surface area contributed by atoms with E-state index >= 15 is 0 Å². The summed E-state index contributed by atoms with van der Waals surface area (Å²) in [7, 11) is 1.44. The molecular weight excluding hydrogens is 436 g/mol. The summed E-state index contributed by atoms with van der Waals surface area (Å²) in [4.78, 5) is 37.9. The Kier molecular flexibility index (Phi) is 7.47. The van der Waals surface area contributed by atoms with Crippen LogP contribution in [0.25, 0.3) is 11.1 Å². The number of rotatable bonds is 8. The second-order valence-electron chi connectivity index (χ2n) is 8.73. The number of ether oxygens (including phenoxy) is 2. The van der Waals surface area contributed by atoms with Crippen molar-refractivity contribution in [3.05, 3.63) is 59.7 Å². The van der Waals surface area contributed by atoms with Gasteiger partial charge in [-0.05, 0) is 35.1 Å². The number of carbonyl (C=O) groups is 3. The third-order valence-corrected chi connectivity index (χ3v) is 6.66. The van der Waals surface area contributed by atoms with Crippen molar-refractivity contribution >= 4 is 18.0 Å². The second kappa shape index (κ2) is 10.7. The number of aliphatic carboxylic acids is 1. The van der Waals surface area contributed by atoms with Crippen LogP contribution < -0.4 is 5.32 Å².